The molecule has 6 nitrogen and oxygen atoms in total. The van der Waals surface area contributed by atoms with Crippen LogP contribution in [0.2, 0.25) is 0 Å². The SMILES string of the molecule is CN(C=O)C1(C(=O)O)CCS(=O)(=O)C1. The van der Waals surface area contributed by atoms with Crippen molar-refractivity contribution in [3.63, 3.8) is 0 Å². The minimum Gasteiger partial charge on any atom is -0.479 e. The molecular formula is C7H11NO5S. The van der Waals surface area contributed by atoms with Gasteiger partial charge < -0.3 is 10.0 Å². The van der Waals surface area contributed by atoms with Gasteiger partial charge >= 0.3 is 5.97 Å². The highest BCUT2D eigenvalue weighted by molar-refractivity contribution is 7.91. The molecule has 1 amide bonds. The number of hydrogen-bond donors (Lipinski definition) is 1. The normalized spacial score (nSPS) is 29.8. The van der Waals surface area contributed by atoms with Crippen LogP contribution in [0.3, 0.4) is 0 Å². The number of carbonyl (C=O) groups excluding carboxylic acids is 1. The van der Waals surface area contributed by atoms with E-state index in [-0.39, 0.29) is 12.2 Å². The summed E-state index contributed by atoms with van der Waals surface area (Å²) in [5.41, 5.74) is -1.57. The Morgan fingerprint density at radius 3 is 2.43 bits per heavy atom. The van der Waals surface area contributed by atoms with Crippen molar-refractivity contribution >= 4 is 22.2 Å². The third-order valence-electron chi connectivity index (χ3n) is 2.52. The van der Waals surface area contributed by atoms with Gasteiger partial charge in [0.2, 0.25) is 6.41 Å². The summed E-state index contributed by atoms with van der Waals surface area (Å²) in [5.74, 6) is -1.95. The van der Waals surface area contributed by atoms with E-state index >= 15 is 0 Å². The first-order valence-electron chi connectivity index (χ1n) is 3.96. The lowest BCUT2D eigenvalue weighted by atomic mass is 9.98. The number of rotatable bonds is 3. The molecule has 1 atom stereocenters. The Morgan fingerprint density at radius 1 is 1.57 bits per heavy atom. The van der Waals surface area contributed by atoms with Crippen molar-refractivity contribution in [2.45, 2.75) is 12.0 Å². The molecule has 1 heterocycles. The van der Waals surface area contributed by atoms with E-state index in [0.29, 0.717) is 6.41 Å². The van der Waals surface area contributed by atoms with Gasteiger partial charge in [-0.2, -0.15) is 0 Å². The van der Waals surface area contributed by atoms with Gasteiger partial charge in [0.1, 0.15) is 0 Å². The summed E-state index contributed by atoms with van der Waals surface area (Å²) in [7, 11) is -2.06. The van der Waals surface area contributed by atoms with Crippen molar-refractivity contribution in [1.82, 2.24) is 4.90 Å². The van der Waals surface area contributed by atoms with Crippen LogP contribution in [0.4, 0.5) is 0 Å². The van der Waals surface area contributed by atoms with Gasteiger partial charge in [0.15, 0.2) is 15.4 Å². The Bertz CT molecular complexity index is 362. The number of aliphatic carboxylic acids is 1. The number of hydrogen-bond acceptors (Lipinski definition) is 4. The summed E-state index contributed by atoms with van der Waals surface area (Å²) in [6.07, 6.45) is 0.300. The molecule has 1 aliphatic rings. The molecule has 0 saturated carbocycles. The Balaban J connectivity index is 3.09. The summed E-state index contributed by atoms with van der Waals surface area (Å²) in [6, 6.07) is 0. The minimum atomic E-state index is -3.34. The molecule has 0 aromatic carbocycles. The second kappa shape index (κ2) is 3.23. The molecule has 1 aliphatic heterocycles. The monoisotopic (exact) mass is 221 g/mol. The van der Waals surface area contributed by atoms with Gasteiger partial charge in [-0.3, -0.25) is 4.79 Å². The van der Waals surface area contributed by atoms with Gasteiger partial charge in [-0.1, -0.05) is 0 Å². The number of carbonyl (C=O) groups is 2. The molecule has 14 heavy (non-hydrogen) atoms. The standard InChI is InChI=1S/C7H11NO5S/c1-8(5-9)7(6(10)11)2-3-14(12,13)4-7/h5H,2-4H2,1H3,(H,10,11). The maximum atomic E-state index is 11.2. The molecule has 80 valence electrons. The third-order valence-corrected chi connectivity index (χ3v) is 4.26. The molecule has 1 unspecified atom stereocenters. The first-order chi connectivity index (χ1) is 6.34. The summed E-state index contributed by atoms with van der Waals surface area (Å²) < 4.78 is 22.3. The van der Waals surface area contributed by atoms with Crippen molar-refractivity contribution in [3.8, 4) is 0 Å². The number of sulfone groups is 1. The molecule has 0 aromatic heterocycles. The van der Waals surface area contributed by atoms with Crippen LogP contribution < -0.4 is 0 Å². The number of amides is 1. The first kappa shape index (κ1) is 11.0. The van der Waals surface area contributed by atoms with Crippen LogP contribution in [-0.4, -0.2) is 54.9 Å². The first-order valence-corrected chi connectivity index (χ1v) is 5.78. The summed E-state index contributed by atoms with van der Waals surface area (Å²) in [6.45, 7) is 0. The fraction of sp³-hybridized carbons (Fsp3) is 0.714. The number of carboxylic acid groups (broad SMARTS) is 1. The van der Waals surface area contributed by atoms with E-state index in [4.69, 9.17) is 5.11 Å². The predicted molar refractivity (Wildman–Crippen MR) is 47.5 cm³/mol. The van der Waals surface area contributed by atoms with E-state index in [1.165, 1.54) is 7.05 Å². The van der Waals surface area contributed by atoms with Gasteiger partial charge in [0, 0.05) is 7.05 Å². The van der Waals surface area contributed by atoms with Crippen molar-refractivity contribution < 1.29 is 23.1 Å². The van der Waals surface area contributed by atoms with Crippen molar-refractivity contribution in [2.75, 3.05) is 18.6 Å². The molecule has 1 saturated heterocycles. The fourth-order valence-corrected chi connectivity index (χ4v) is 3.52. The average molecular weight is 221 g/mol. The second-order valence-electron chi connectivity index (χ2n) is 3.40. The van der Waals surface area contributed by atoms with Crippen LogP contribution in [0, 0.1) is 0 Å². The smallest absolute Gasteiger partial charge is 0.330 e. The van der Waals surface area contributed by atoms with E-state index in [0.717, 1.165) is 4.90 Å². The molecule has 1 rings (SSSR count). The fourth-order valence-electron chi connectivity index (χ4n) is 1.53. The molecule has 7 heteroatoms. The van der Waals surface area contributed by atoms with Gasteiger partial charge in [0.05, 0.1) is 11.5 Å². The molecule has 1 N–H and O–H groups in total. The number of likely N-dealkylation sites (N-methyl/N-ethyl adjacent to an activating group) is 1. The average Bonchev–Trinajstić information content (AvgIpc) is 2.42. The van der Waals surface area contributed by atoms with Crippen molar-refractivity contribution in [3.05, 3.63) is 0 Å². The quantitative estimate of drug-likeness (QED) is 0.599. The van der Waals surface area contributed by atoms with Crippen LogP contribution in [0.1, 0.15) is 6.42 Å². The lowest BCUT2D eigenvalue weighted by Crippen LogP contribution is -2.53. The van der Waals surface area contributed by atoms with Gasteiger partial charge in [-0.05, 0) is 6.42 Å². The highest BCUT2D eigenvalue weighted by Crippen LogP contribution is 2.28. The van der Waals surface area contributed by atoms with Crippen molar-refractivity contribution in [2.24, 2.45) is 0 Å². The van der Waals surface area contributed by atoms with E-state index in [9.17, 15) is 18.0 Å². The maximum Gasteiger partial charge on any atom is 0.330 e. The number of nitrogens with zero attached hydrogens (tertiary/aromatic N) is 1. The van der Waals surface area contributed by atoms with Gasteiger partial charge in [-0.15, -0.1) is 0 Å². The van der Waals surface area contributed by atoms with E-state index < -0.39 is 27.1 Å². The molecule has 0 aromatic rings. The van der Waals surface area contributed by atoms with E-state index in [1.54, 1.807) is 0 Å². The zero-order valence-corrected chi connectivity index (χ0v) is 8.45. The molecule has 0 radical (unpaired) electrons. The van der Waals surface area contributed by atoms with E-state index in [2.05, 4.69) is 0 Å². The largest absolute Gasteiger partial charge is 0.479 e. The van der Waals surface area contributed by atoms with Crippen LogP contribution in [0.25, 0.3) is 0 Å². The van der Waals surface area contributed by atoms with Crippen LogP contribution >= 0.6 is 0 Å². The van der Waals surface area contributed by atoms with Gasteiger partial charge in [0.25, 0.3) is 0 Å². The van der Waals surface area contributed by atoms with Crippen LogP contribution in [0.5, 0.6) is 0 Å². The lowest BCUT2D eigenvalue weighted by Gasteiger charge is -2.30. The molecule has 0 spiro atoms. The maximum absolute atomic E-state index is 11.2. The molecule has 0 aliphatic carbocycles. The highest BCUT2D eigenvalue weighted by atomic mass is 32.2. The molecule has 1 fully saturated rings. The Kier molecular flexibility index (Phi) is 2.53. The zero-order chi connectivity index (χ0) is 11.0. The lowest BCUT2D eigenvalue weighted by molar-refractivity contribution is -0.152. The zero-order valence-electron chi connectivity index (χ0n) is 7.63. The van der Waals surface area contributed by atoms with Crippen LogP contribution in [-0.2, 0) is 19.4 Å². The van der Waals surface area contributed by atoms with Crippen molar-refractivity contribution in [1.29, 1.82) is 0 Å². The molecule has 0 bridgehead atoms. The van der Waals surface area contributed by atoms with Crippen LogP contribution in [0.15, 0.2) is 0 Å². The summed E-state index contributed by atoms with van der Waals surface area (Å²) in [5, 5.41) is 8.93. The summed E-state index contributed by atoms with van der Waals surface area (Å²) in [4.78, 5) is 22.3. The highest BCUT2D eigenvalue weighted by Gasteiger charge is 2.51. The molecular weight excluding hydrogens is 210 g/mol. The topological polar surface area (TPSA) is 91.8 Å². The number of carboxylic acids is 1. The Morgan fingerprint density at radius 2 is 2.14 bits per heavy atom. The predicted octanol–water partition coefficient (Wildman–Crippen LogP) is -1.28. The Labute approximate surface area is 81.4 Å². The Hall–Kier alpha value is -1.11. The minimum absolute atomic E-state index is 0.0418. The summed E-state index contributed by atoms with van der Waals surface area (Å²) >= 11 is 0. The second-order valence-corrected chi connectivity index (χ2v) is 5.58. The third kappa shape index (κ3) is 1.59. The van der Waals surface area contributed by atoms with Gasteiger partial charge in [-0.25, -0.2) is 13.2 Å². The van der Waals surface area contributed by atoms with E-state index in [1.807, 2.05) is 0 Å².